The van der Waals surface area contributed by atoms with Crippen molar-refractivity contribution >= 4 is 11.9 Å². The van der Waals surface area contributed by atoms with E-state index in [1.165, 1.54) is 0 Å². The Morgan fingerprint density at radius 3 is 2.71 bits per heavy atom. The predicted octanol–water partition coefficient (Wildman–Crippen LogP) is 0.786. The van der Waals surface area contributed by atoms with Crippen LogP contribution >= 0.6 is 0 Å². The van der Waals surface area contributed by atoms with Gasteiger partial charge in [-0.1, -0.05) is 0 Å². The molecule has 0 radical (unpaired) electrons. The maximum absolute atomic E-state index is 5.73. The van der Waals surface area contributed by atoms with Crippen molar-refractivity contribution < 1.29 is 9.47 Å². The molecule has 0 saturated carbocycles. The Kier molecular flexibility index (Phi) is 3.78. The Morgan fingerprint density at radius 1 is 1.19 bits per heavy atom. The summed E-state index contributed by atoms with van der Waals surface area (Å²) in [4.78, 5) is 18.6. The van der Waals surface area contributed by atoms with E-state index in [9.17, 15) is 0 Å². The van der Waals surface area contributed by atoms with Crippen LogP contribution in [0.4, 0.5) is 11.9 Å². The Balaban J connectivity index is 1.81. The molecule has 0 spiro atoms. The monoisotopic (exact) mass is 288 g/mol. The third-order valence-electron chi connectivity index (χ3n) is 3.01. The molecule has 110 valence electrons. The van der Waals surface area contributed by atoms with Gasteiger partial charge >= 0.3 is 6.01 Å². The molecule has 3 heterocycles. The lowest BCUT2D eigenvalue weighted by Crippen LogP contribution is -2.37. The fourth-order valence-electron chi connectivity index (χ4n) is 1.93. The van der Waals surface area contributed by atoms with Crippen molar-refractivity contribution in [3.05, 3.63) is 24.0 Å². The van der Waals surface area contributed by atoms with Gasteiger partial charge in [0.1, 0.15) is 5.75 Å². The molecule has 2 aromatic rings. The first-order valence-corrected chi connectivity index (χ1v) is 6.65. The van der Waals surface area contributed by atoms with Crippen LogP contribution in [0.2, 0.25) is 0 Å². The second kappa shape index (κ2) is 5.88. The summed E-state index contributed by atoms with van der Waals surface area (Å²) in [7, 11) is 0. The molecule has 1 aliphatic rings. The molecule has 1 aliphatic heterocycles. The second-order valence-corrected chi connectivity index (χ2v) is 4.61. The molecule has 21 heavy (non-hydrogen) atoms. The van der Waals surface area contributed by atoms with E-state index >= 15 is 0 Å². The zero-order valence-corrected chi connectivity index (χ0v) is 11.7. The van der Waals surface area contributed by atoms with Crippen LogP contribution in [0.25, 0.3) is 0 Å². The molecule has 0 unspecified atom stereocenters. The molecule has 3 rings (SSSR count). The molecule has 0 aromatic carbocycles. The lowest BCUT2D eigenvalue weighted by Gasteiger charge is -2.26. The minimum Gasteiger partial charge on any atom is -0.422 e. The summed E-state index contributed by atoms with van der Waals surface area (Å²) in [6, 6.07) is 3.81. The first-order valence-electron chi connectivity index (χ1n) is 6.65. The number of morpholine rings is 1. The molecule has 0 bridgehead atoms. The Labute approximate surface area is 122 Å². The molecule has 0 aliphatic carbocycles. The fraction of sp³-hybridized carbons (Fsp3) is 0.385. The topological polar surface area (TPSA) is 99.3 Å². The number of anilines is 2. The summed E-state index contributed by atoms with van der Waals surface area (Å²) in [5.41, 5.74) is 6.64. The highest BCUT2D eigenvalue weighted by atomic mass is 16.5. The lowest BCUT2D eigenvalue weighted by atomic mass is 10.4. The quantitative estimate of drug-likeness (QED) is 0.884. The van der Waals surface area contributed by atoms with Gasteiger partial charge in [0.05, 0.1) is 19.4 Å². The molecule has 8 heteroatoms. The molecule has 2 aromatic heterocycles. The van der Waals surface area contributed by atoms with Crippen molar-refractivity contribution in [3.63, 3.8) is 0 Å². The first-order chi connectivity index (χ1) is 10.2. The highest BCUT2D eigenvalue weighted by molar-refractivity contribution is 5.37. The number of nitrogen functional groups attached to an aromatic ring is 1. The zero-order valence-electron chi connectivity index (χ0n) is 11.7. The van der Waals surface area contributed by atoms with Crippen molar-refractivity contribution in [2.24, 2.45) is 0 Å². The van der Waals surface area contributed by atoms with Gasteiger partial charge in [0, 0.05) is 18.8 Å². The van der Waals surface area contributed by atoms with Gasteiger partial charge in [-0.3, -0.25) is 4.98 Å². The largest absolute Gasteiger partial charge is 0.422 e. The van der Waals surface area contributed by atoms with Crippen LogP contribution in [0.1, 0.15) is 5.69 Å². The molecule has 1 saturated heterocycles. The summed E-state index contributed by atoms with van der Waals surface area (Å²) in [6.07, 6.45) is 1.61. The molecule has 0 atom stereocenters. The number of hydrogen-bond acceptors (Lipinski definition) is 8. The Bertz CT molecular complexity index is 613. The smallest absolute Gasteiger partial charge is 0.328 e. The average molecular weight is 288 g/mol. The van der Waals surface area contributed by atoms with Crippen molar-refractivity contribution in [2.45, 2.75) is 6.92 Å². The molecular formula is C13H16N6O2. The van der Waals surface area contributed by atoms with Gasteiger partial charge in [0.25, 0.3) is 0 Å². The van der Waals surface area contributed by atoms with Crippen molar-refractivity contribution in [3.8, 4) is 11.8 Å². The number of ether oxygens (including phenoxy) is 2. The van der Waals surface area contributed by atoms with E-state index in [1.54, 1.807) is 12.3 Å². The second-order valence-electron chi connectivity index (χ2n) is 4.61. The summed E-state index contributed by atoms with van der Waals surface area (Å²) in [5.74, 6) is 1.18. The number of rotatable bonds is 3. The van der Waals surface area contributed by atoms with Gasteiger partial charge in [-0.2, -0.15) is 15.0 Å². The number of aromatic nitrogens is 4. The number of aryl methyl sites for hydroxylation is 1. The van der Waals surface area contributed by atoms with Crippen LogP contribution < -0.4 is 15.4 Å². The standard InChI is InChI=1S/C13H16N6O2/c1-9-2-3-10(8-15-9)21-13-17-11(14)16-12(18-13)19-4-6-20-7-5-19/h2-3,8H,4-7H2,1H3,(H2,14,16,17,18). The average Bonchev–Trinajstić information content (AvgIpc) is 2.50. The summed E-state index contributed by atoms with van der Waals surface area (Å²) < 4.78 is 10.9. The Morgan fingerprint density at radius 2 is 2.00 bits per heavy atom. The lowest BCUT2D eigenvalue weighted by molar-refractivity contribution is 0.122. The van der Waals surface area contributed by atoms with Crippen LogP contribution in [-0.2, 0) is 4.74 Å². The van der Waals surface area contributed by atoms with Gasteiger partial charge in [0.2, 0.25) is 11.9 Å². The van der Waals surface area contributed by atoms with E-state index in [2.05, 4.69) is 19.9 Å². The van der Waals surface area contributed by atoms with Crippen LogP contribution in [-0.4, -0.2) is 46.2 Å². The van der Waals surface area contributed by atoms with Crippen LogP contribution in [0.5, 0.6) is 11.8 Å². The van der Waals surface area contributed by atoms with E-state index in [1.807, 2.05) is 17.9 Å². The third-order valence-corrected chi connectivity index (χ3v) is 3.01. The van der Waals surface area contributed by atoms with Crippen molar-refractivity contribution in [1.29, 1.82) is 0 Å². The van der Waals surface area contributed by atoms with Gasteiger partial charge in [-0.25, -0.2) is 0 Å². The maximum Gasteiger partial charge on any atom is 0.328 e. The normalized spacial score (nSPS) is 15.0. The van der Waals surface area contributed by atoms with Crippen LogP contribution in [0.15, 0.2) is 18.3 Å². The number of pyridine rings is 1. The first kappa shape index (κ1) is 13.5. The molecule has 0 amide bonds. The van der Waals surface area contributed by atoms with E-state index in [0.717, 1.165) is 18.8 Å². The van der Waals surface area contributed by atoms with E-state index < -0.39 is 0 Å². The minimum absolute atomic E-state index is 0.126. The molecular weight excluding hydrogens is 272 g/mol. The zero-order chi connectivity index (χ0) is 14.7. The summed E-state index contributed by atoms with van der Waals surface area (Å²) in [5, 5.41) is 0. The molecule has 1 fully saturated rings. The SMILES string of the molecule is Cc1ccc(Oc2nc(N)nc(N3CCOCC3)n2)cn1. The molecule has 8 nitrogen and oxygen atoms in total. The summed E-state index contributed by atoms with van der Waals surface area (Å²) in [6.45, 7) is 4.62. The predicted molar refractivity (Wildman–Crippen MR) is 76.3 cm³/mol. The van der Waals surface area contributed by atoms with Crippen LogP contribution in [0, 0.1) is 6.92 Å². The Hall–Kier alpha value is -2.48. The van der Waals surface area contributed by atoms with E-state index in [0.29, 0.717) is 24.9 Å². The highest BCUT2D eigenvalue weighted by Gasteiger charge is 2.16. The van der Waals surface area contributed by atoms with Gasteiger partial charge in [-0.05, 0) is 19.1 Å². The number of nitrogens with two attached hydrogens (primary N) is 1. The third kappa shape index (κ3) is 3.34. The van der Waals surface area contributed by atoms with E-state index in [-0.39, 0.29) is 12.0 Å². The summed E-state index contributed by atoms with van der Waals surface area (Å²) >= 11 is 0. The maximum atomic E-state index is 5.73. The van der Waals surface area contributed by atoms with Gasteiger partial charge < -0.3 is 20.1 Å². The van der Waals surface area contributed by atoms with Crippen LogP contribution in [0.3, 0.4) is 0 Å². The number of nitrogens with zero attached hydrogens (tertiary/aromatic N) is 5. The van der Waals surface area contributed by atoms with Crippen molar-refractivity contribution in [1.82, 2.24) is 19.9 Å². The molecule has 2 N–H and O–H groups in total. The van der Waals surface area contributed by atoms with Crippen molar-refractivity contribution in [2.75, 3.05) is 36.9 Å². The van der Waals surface area contributed by atoms with E-state index in [4.69, 9.17) is 15.2 Å². The number of hydrogen-bond donors (Lipinski definition) is 1. The fourth-order valence-corrected chi connectivity index (χ4v) is 1.93. The van der Waals surface area contributed by atoms with Gasteiger partial charge in [-0.15, -0.1) is 0 Å². The highest BCUT2D eigenvalue weighted by Crippen LogP contribution is 2.20. The van der Waals surface area contributed by atoms with Gasteiger partial charge in [0.15, 0.2) is 0 Å². The minimum atomic E-state index is 0.126.